The van der Waals surface area contributed by atoms with Gasteiger partial charge in [0.1, 0.15) is 0 Å². The summed E-state index contributed by atoms with van der Waals surface area (Å²) in [4.78, 5) is 11.8. The SMILES string of the molecule is COC(=O)c1cccc(S(=O)(=O)N2CCC[C@@H]2Cc2ccccc2)c1. The minimum atomic E-state index is -3.65. The number of sulfonamides is 1. The van der Waals surface area contributed by atoms with Gasteiger partial charge in [0.05, 0.1) is 17.6 Å². The van der Waals surface area contributed by atoms with E-state index in [4.69, 9.17) is 0 Å². The number of hydrogen-bond donors (Lipinski definition) is 0. The highest BCUT2D eigenvalue weighted by Crippen LogP contribution is 2.28. The van der Waals surface area contributed by atoms with E-state index >= 15 is 0 Å². The van der Waals surface area contributed by atoms with E-state index in [0.29, 0.717) is 13.0 Å². The lowest BCUT2D eigenvalue weighted by Gasteiger charge is -2.24. The fourth-order valence-corrected chi connectivity index (χ4v) is 4.99. The second-order valence-electron chi connectivity index (χ2n) is 6.12. The Balaban J connectivity index is 1.87. The van der Waals surface area contributed by atoms with E-state index in [1.165, 1.54) is 19.2 Å². The van der Waals surface area contributed by atoms with Crippen LogP contribution < -0.4 is 0 Å². The predicted molar refractivity (Wildman–Crippen MR) is 94.8 cm³/mol. The normalized spacial score (nSPS) is 18.2. The van der Waals surface area contributed by atoms with E-state index in [-0.39, 0.29) is 16.5 Å². The molecule has 0 radical (unpaired) electrons. The van der Waals surface area contributed by atoms with Crippen LogP contribution in [0.2, 0.25) is 0 Å². The fraction of sp³-hybridized carbons (Fsp3) is 0.316. The molecule has 0 spiro atoms. The molecule has 0 aromatic heterocycles. The maximum atomic E-state index is 13.1. The predicted octanol–water partition coefficient (Wildman–Crippen LogP) is 2.87. The molecule has 0 aliphatic carbocycles. The van der Waals surface area contributed by atoms with Gasteiger partial charge in [-0.05, 0) is 43.0 Å². The topological polar surface area (TPSA) is 63.7 Å². The molecule has 1 aliphatic rings. The Morgan fingerprint density at radius 1 is 1.16 bits per heavy atom. The number of carbonyl (C=O) groups excluding carboxylic acids is 1. The Bertz CT molecular complexity index is 849. The lowest BCUT2D eigenvalue weighted by molar-refractivity contribution is 0.0600. The van der Waals surface area contributed by atoms with Crippen molar-refractivity contribution in [1.29, 1.82) is 0 Å². The van der Waals surface area contributed by atoms with Crippen LogP contribution in [-0.4, -0.2) is 38.4 Å². The first-order chi connectivity index (χ1) is 12.0. The van der Waals surface area contributed by atoms with Crippen LogP contribution in [-0.2, 0) is 21.2 Å². The van der Waals surface area contributed by atoms with Crippen molar-refractivity contribution < 1.29 is 17.9 Å². The molecule has 0 bridgehead atoms. The molecule has 0 N–H and O–H groups in total. The van der Waals surface area contributed by atoms with Crippen LogP contribution in [0.3, 0.4) is 0 Å². The van der Waals surface area contributed by atoms with Crippen molar-refractivity contribution >= 4 is 16.0 Å². The smallest absolute Gasteiger partial charge is 0.337 e. The van der Waals surface area contributed by atoms with Gasteiger partial charge in [0, 0.05) is 12.6 Å². The number of benzene rings is 2. The molecule has 5 nitrogen and oxygen atoms in total. The molecule has 1 atom stereocenters. The Hall–Kier alpha value is -2.18. The number of carbonyl (C=O) groups is 1. The maximum Gasteiger partial charge on any atom is 0.337 e. The minimum absolute atomic E-state index is 0.0609. The average molecular weight is 359 g/mol. The van der Waals surface area contributed by atoms with Crippen LogP contribution >= 0.6 is 0 Å². The third kappa shape index (κ3) is 3.75. The summed E-state index contributed by atoms with van der Waals surface area (Å²) >= 11 is 0. The van der Waals surface area contributed by atoms with Crippen LogP contribution in [0.5, 0.6) is 0 Å². The summed E-state index contributed by atoms with van der Waals surface area (Å²) in [6, 6.07) is 15.9. The largest absolute Gasteiger partial charge is 0.465 e. The molecule has 0 amide bonds. The molecule has 1 saturated heterocycles. The summed E-state index contributed by atoms with van der Waals surface area (Å²) in [5, 5.41) is 0. The molecule has 1 fully saturated rings. The van der Waals surface area contributed by atoms with Gasteiger partial charge >= 0.3 is 5.97 Å². The molecular formula is C19H21NO4S. The lowest BCUT2D eigenvalue weighted by atomic mass is 10.1. The van der Waals surface area contributed by atoms with Crippen LogP contribution in [0.15, 0.2) is 59.5 Å². The maximum absolute atomic E-state index is 13.1. The zero-order chi connectivity index (χ0) is 17.9. The van der Waals surface area contributed by atoms with Gasteiger partial charge < -0.3 is 4.74 Å². The Labute approximate surface area is 148 Å². The standard InChI is InChI=1S/C19H21NO4S/c1-24-19(21)16-9-5-11-18(14-16)25(22,23)20-12-6-10-17(20)13-15-7-3-2-4-8-15/h2-5,7-9,11,14,17H,6,10,12-13H2,1H3/t17-/m1/s1. The van der Waals surface area contributed by atoms with Crippen molar-refractivity contribution in [1.82, 2.24) is 4.31 Å². The van der Waals surface area contributed by atoms with Crippen LogP contribution in [0, 0.1) is 0 Å². The Morgan fingerprint density at radius 3 is 2.64 bits per heavy atom. The zero-order valence-corrected chi connectivity index (χ0v) is 14.9. The molecule has 1 heterocycles. The highest BCUT2D eigenvalue weighted by Gasteiger charge is 2.35. The van der Waals surface area contributed by atoms with E-state index in [1.807, 2.05) is 30.3 Å². The third-order valence-corrected chi connectivity index (χ3v) is 6.45. The first kappa shape index (κ1) is 17.6. The molecule has 132 valence electrons. The van der Waals surface area contributed by atoms with Crippen molar-refractivity contribution in [2.75, 3.05) is 13.7 Å². The Morgan fingerprint density at radius 2 is 1.92 bits per heavy atom. The third-order valence-electron chi connectivity index (χ3n) is 4.50. The van der Waals surface area contributed by atoms with Crippen LogP contribution in [0.25, 0.3) is 0 Å². The number of methoxy groups -OCH3 is 1. The summed E-state index contributed by atoms with van der Waals surface area (Å²) in [5.41, 5.74) is 1.36. The molecule has 2 aromatic rings. The van der Waals surface area contributed by atoms with Gasteiger partial charge in [-0.2, -0.15) is 4.31 Å². The minimum Gasteiger partial charge on any atom is -0.465 e. The van der Waals surface area contributed by atoms with Crippen LogP contribution in [0.4, 0.5) is 0 Å². The second-order valence-corrected chi connectivity index (χ2v) is 8.01. The fourth-order valence-electron chi connectivity index (χ4n) is 3.25. The molecule has 0 saturated carbocycles. The van der Waals surface area contributed by atoms with Crippen molar-refractivity contribution in [3.8, 4) is 0 Å². The second kappa shape index (κ2) is 7.37. The van der Waals surface area contributed by atoms with E-state index in [0.717, 1.165) is 18.4 Å². The number of esters is 1. The zero-order valence-electron chi connectivity index (χ0n) is 14.1. The van der Waals surface area contributed by atoms with Gasteiger partial charge in [-0.1, -0.05) is 36.4 Å². The summed E-state index contributed by atoms with van der Waals surface area (Å²) in [6.07, 6.45) is 2.37. The van der Waals surface area contributed by atoms with Gasteiger partial charge in [-0.25, -0.2) is 13.2 Å². The molecule has 0 unspecified atom stereocenters. The van der Waals surface area contributed by atoms with Crippen molar-refractivity contribution in [2.45, 2.75) is 30.2 Å². The lowest BCUT2D eigenvalue weighted by Crippen LogP contribution is -2.36. The summed E-state index contributed by atoms with van der Waals surface area (Å²) in [6.45, 7) is 0.502. The number of rotatable bonds is 5. The Kier molecular flexibility index (Phi) is 5.20. The average Bonchev–Trinajstić information content (AvgIpc) is 3.11. The molecule has 3 rings (SSSR count). The van der Waals surface area contributed by atoms with Crippen molar-refractivity contribution in [3.63, 3.8) is 0 Å². The van der Waals surface area contributed by atoms with Gasteiger partial charge in [0.25, 0.3) is 0 Å². The van der Waals surface area contributed by atoms with Crippen molar-refractivity contribution in [3.05, 3.63) is 65.7 Å². The molecule has 2 aromatic carbocycles. The van der Waals surface area contributed by atoms with E-state index < -0.39 is 16.0 Å². The molecular weight excluding hydrogens is 338 g/mol. The molecule has 6 heteroatoms. The number of nitrogens with zero attached hydrogens (tertiary/aromatic N) is 1. The van der Waals surface area contributed by atoms with Crippen molar-refractivity contribution in [2.24, 2.45) is 0 Å². The summed E-state index contributed by atoms with van der Waals surface area (Å²) < 4.78 is 32.4. The van der Waals surface area contributed by atoms with Gasteiger partial charge in [0.2, 0.25) is 10.0 Å². The highest BCUT2D eigenvalue weighted by atomic mass is 32.2. The van der Waals surface area contributed by atoms with Gasteiger partial charge in [-0.15, -0.1) is 0 Å². The number of hydrogen-bond acceptors (Lipinski definition) is 4. The summed E-state index contributed by atoms with van der Waals surface area (Å²) in [7, 11) is -2.37. The van der Waals surface area contributed by atoms with E-state index in [2.05, 4.69) is 4.74 Å². The monoisotopic (exact) mass is 359 g/mol. The van der Waals surface area contributed by atoms with Gasteiger partial charge in [0.15, 0.2) is 0 Å². The first-order valence-corrected chi connectivity index (χ1v) is 9.70. The number of ether oxygens (including phenoxy) is 1. The van der Waals surface area contributed by atoms with E-state index in [9.17, 15) is 13.2 Å². The molecule has 1 aliphatic heterocycles. The van der Waals surface area contributed by atoms with Crippen LogP contribution in [0.1, 0.15) is 28.8 Å². The highest BCUT2D eigenvalue weighted by molar-refractivity contribution is 7.89. The summed E-state index contributed by atoms with van der Waals surface area (Å²) in [5.74, 6) is -0.542. The van der Waals surface area contributed by atoms with Gasteiger partial charge in [-0.3, -0.25) is 0 Å². The first-order valence-electron chi connectivity index (χ1n) is 8.26. The van der Waals surface area contributed by atoms with E-state index in [1.54, 1.807) is 16.4 Å². The quantitative estimate of drug-likeness (QED) is 0.770. The molecule has 25 heavy (non-hydrogen) atoms.